The lowest BCUT2D eigenvalue weighted by Crippen LogP contribution is -2.17. The van der Waals surface area contributed by atoms with Crippen molar-refractivity contribution in [3.8, 4) is 6.07 Å². The van der Waals surface area contributed by atoms with Gasteiger partial charge in [-0.2, -0.15) is 18.4 Å². The summed E-state index contributed by atoms with van der Waals surface area (Å²) in [6, 6.07) is 2.34. The maximum atomic E-state index is 12.4. The van der Waals surface area contributed by atoms with Crippen molar-refractivity contribution in [3.05, 3.63) is 23.5 Å². The van der Waals surface area contributed by atoms with Gasteiger partial charge in [-0.15, -0.1) is 0 Å². The largest absolute Gasteiger partial charge is 0.478 e. The number of nitrogens with zero attached hydrogens (tertiary/aromatic N) is 2. The van der Waals surface area contributed by atoms with Gasteiger partial charge in [0.05, 0.1) is 11.6 Å². The maximum absolute atomic E-state index is 12.4. The monoisotopic (exact) mass is 218 g/mol. The van der Waals surface area contributed by atoms with Crippen LogP contribution in [-0.2, 0) is 12.7 Å². The summed E-state index contributed by atoms with van der Waals surface area (Å²) < 4.78 is 37.9. The van der Waals surface area contributed by atoms with Crippen molar-refractivity contribution in [1.82, 2.24) is 4.57 Å². The van der Waals surface area contributed by atoms with Gasteiger partial charge in [0.1, 0.15) is 12.2 Å². The lowest BCUT2D eigenvalue weighted by molar-refractivity contribution is -0.143. The van der Waals surface area contributed by atoms with Crippen LogP contribution in [0.3, 0.4) is 0 Å². The number of aromatic nitrogens is 1. The third-order valence-electron chi connectivity index (χ3n) is 1.70. The van der Waals surface area contributed by atoms with Crippen LogP contribution < -0.4 is 0 Å². The second-order valence-electron chi connectivity index (χ2n) is 2.67. The fraction of sp³-hybridized carbons (Fsp3) is 0.250. The molecule has 7 heteroatoms. The van der Waals surface area contributed by atoms with Crippen molar-refractivity contribution in [3.63, 3.8) is 0 Å². The van der Waals surface area contributed by atoms with Crippen LogP contribution in [0.15, 0.2) is 12.3 Å². The molecule has 0 radical (unpaired) electrons. The Balaban J connectivity index is 3.34. The Labute approximate surface area is 82.2 Å². The summed E-state index contributed by atoms with van der Waals surface area (Å²) in [5.41, 5.74) is -2.16. The molecule has 0 aliphatic rings. The molecule has 1 rings (SSSR count). The number of carbonyl (C=O) groups is 1. The number of aromatic carboxylic acids is 1. The molecule has 1 aromatic rings. The highest BCUT2D eigenvalue weighted by Gasteiger charge is 2.38. The molecule has 15 heavy (non-hydrogen) atoms. The molecule has 0 saturated heterocycles. The smallest absolute Gasteiger partial charge is 0.432 e. The van der Waals surface area contributed by atoms with Gasteiger partial charge >= 0.3 is 12.1 Å². The molecule has 1 heterocycles. The van der Waals surface area contributed by atoms with Crippen LogP contribution in [0.1, 0.15) is 16.1 Å². The second-order valence-corrected chi connectivity index (χ2v) is 2.67. The summed E-state index contributed by atoms with van der Waals surface area (Å²) in [5.74, 6) is -1.67. The highest BCUT2D eigenvalue weighted by Crippen LogP contribution is 2.32. The number of alkyl halides is 3. The standard InChI is InChI=1S/C8H5F3N2O2/c9-8(10,11)6-5(7(14)15)1-3-13(6)4-2-12/h1,3H,4H2,(H,14,15). The molecule has 0 atom stereocenters. The van der Waals surface area contributed by atoms with Crippen LogP contribution >= 0.6 is 0 Å². The van der Waals surface area contributed by atoms with Crippen LogP contribution in [0.5, 0.6) is 0 Å². The number of rotatable bonds is 2. The molecule has 0 saturated carbocycles. The van der Waals surface area contributed by atoms with Crippen molar-refractivity contribution in [2.75, 3.05) is 0 Å². The van der Waals surface area contributed by atoms with Crippen LogP contribution in [0.25, 0.3) is 0 Å². The Morgan fingerprint density at radius 1 is 1.60 bits per heavy atom. The zero-order chi connectivity index (χ0) is 11.6. The van der Waals surface area contributed by atoms with Crippen molar-refractivity contribution in [1.29, 1.82) is 5.26 Å². The van der Waals surface area contributed by atoms with Gasteiger partial charge in [-0.3, -0.25) is 0 Å². The van der Waals surface area contributed by atoms with Gasteiger partial charge in [0, 0.05) is 6.20 Å². The van der Waals surface area contributed by atoms with Crippen LogP contribution in [0.2, 0.25) is 0 Å². The molecule has 1 aromatic heterocycles. The van der Waals surface area contributed by atoms with Gasteiger partial charge in [0.25, 0.3) is 0 Å². The normalized spacial score (nSPS) is 11.1. The van der Waals surface area contributed by atoms with E-state index < -0.39 is 29.9 Å². The summed E-state index contributed by atoms with van der Waals surface area (Å²) in [7, 11) is 0. The lowest BCUT2D eigenvalue weighted by Gasteiger charge is -2.10. The van der Waals surface area contributed by atoms with E-state index in [9.17, 15) is 18.0 Å². The lowest BCUT2D eigenvalue weighted by atomic mass is 10.2. The number of hydrogen-bond donors (Lipinski definition) is 1. The summed E-state index contributed by atoms with van der Waals surface area (Å²) in [6.45, 7) is -0.540. The Kier molecular flexibility index (Phi) is 2.70. The van der Waals surface area contributed by atoms with Gasteiger partial charge < -0.3 is 9.67 Å². The van der Waals surface area contributed by atoms with Crippen LogP contribution in [-0.4, -0.2) is 15.6 Å². The van der Waals surface area contributed by atoms with Gasteiger partial charge in [0.2, 0.25) is 0 Å². The van der Waals surface area contributed by atoms with E-state index in [4.69, 9.17) is 10.4 Å². The predicted molar refractivity (Wildman–Crippen MR) is 42.0 cm³/mol. The summed E-state index contributed by atoms with van der Waals surface area (Å²) in [4.78, 5) is 10.5. The summed E-state index contributed by atoms with van der Waals surface area (Å²) in [6.07, 6.45) is -3.86. The molecule has 80 valence electrons. The molecule has 0 fully saturated rings. The average Bonchev–Trinajstić information content (AvgIpc) is 2.47. The van der Waals surface area contributed by atoms with E-state index in [0.29, 0.717) is 4.57 Å². The zero-order valence-electron chi connectivity index (χ0n) is 7.25. The molecule has 0 bridgehead atoms. The third kappa shape index (κ3) is 2.10. The number of nitriles is 1. The topological polar surface area (TPSA) is 66.0 Å². The predicted octanol–water partition coefficient (Wildman–Crippen LogP) is 1.73. The Morgan fingerprint density at radius 2 is 2.20 bits per heavy atom. The van der Waals surface area contributed by atoms with Gasteiger partial charge in [-0.1, -0.05) is 0 Å². The molecule has 0 aliphatic carbocycles. The second kappa shape index (κ2) is 3.65. The van der Waals surface area contributed by atoms with Gasteiger partial charge in [-0.05, 0) is 6.07 Å². The van der Waals surface area contributed by atoms with Crippen LogP contribution in [0.4, 0.5) is 13.2 Å². The molecule has 0 unspecified atom stereocenters. The minimum Gasteiger partial charge on any atom is -0.478 e. The average molecular weight is 218 g/mol. The van der Waals surface area contributed by atoms with Crippen molar-refractivity contribution < 1.29 is 23.1 Å². The van der Waals surface area contributed by atoms with Crippen molar-refractivity contribution in [2.24, 2.45) is 0 Å². The first-order valence-electron chi connectivity index (χ1n) is 3.74. The first-order valence-corrected chi connectivity index (χ1v) is 3.74. The molecule has 0 spiro atoms. The zero-order valence-corrected chi connectivity index (χ0v) is 7.25. The fourth-order valence-corrected chi connectivity index (χ4v) is 1.17. The fourth-order valence-electron chi connectivity index (χ4n) is 1.17. The Hall–Kier alpha value is -1.97. The molecule has 0 aliphatic heterocycles. The maximum Gasteiger partial charge on any atom is 0.432 e. The van der Waals surface area contributed by atoms with Gasteiger partial charge in [-0.25, -0.2) is 4.79 Å². The highest BCUT2D eigenvalue weighted by molar-refractivity contribution is 5.89. The first-order chi connectivity index (χ1) is 6.88. The van der Waals surface area contributed by atoms with E-state index in [-0.39, 0.29) is 0 Å². The number of carboxylic acids is 1. The summed E-state index contributed by atoms with van der Waals surface area (Å²) >= 11 is 0. The van der Waals surface area contributed by atoms with E-state index in [0.717, 1.165) is 12.3 Å². The van der Waals surface area contributed by atoms with Crippen molar-refractivity contribution in [2.45, 2.75) is 12.7 Å². The minimum atomic E-state index is -4.78. The van der Waals surface area contributed by atoms with Crippen molar-refractivity contribution >= 4 is 5.97 Å². The summed E-state index contributed by atoms with van der Waals surface area (Å²) in [5, 5.41) is 16.8. The molecule has 0 aromatic carbocycles. The van der Waals surface area contributed by atoms with E-state index in [2.05, 4.69) is 0 Å². The highest BCUT2D eigenvalue weighted by atomic mass is 19.4. The molecule has 0 amide bonds. The van der Waals surface area contributed by atoms with E-state index in [1.807, 2.05) is 0 Å². The first kappa shape index (κ1) is 11.1. The van der Waals surface area contributed by atoms with Crippen LogP contribution in [0, 0.1) is 11.3 Å². The number of halogens is 3. The van der Waals surface area contributed by atoms with Gasteiger partial charge in [0.15, 0.2) is 0 Å². The third-order valence-corrected chi connectivity index (χ3v) is 1.70. The number of carboxylic acid groups (broad SMARTS) is 1. The minimum absolute atomic E-state index is 0.540. The molecular weight excluding hydrogens is 213 g/mol. The quantitative estimate of drug-likeness (QED) is 0.821. The number of hydrogen-bond acceptors (Lipinski definition) is 2. The molecule has 4 nitrogen and oxygen atoms in total. The Bertz CT molecular complexity index is 428. The molecule has 1 N–H and O–H groups in total. The van der Waals surface area contributed by atoms with E-state index in [1.165, 1.54) is 6.07 Å². The SMILES string of the molecule is N#CCn1ccc(C(=O)O)c1C(F)(F)F. The van der Waals surface area contributed by atoms with E-state index in [1.54, 1.807) is 0 Å². The molecular formula is C8H5F3N2O2. The Morgan fingerprint density at radius 3 is 2.60 bits per heavy atom. The van der Waals surface area contributed by atoms with E-state index >= 15 is 0 Å².